The smallest absolute Gasteiger partial charge is 0.265 e. The Labute approximate surface area is 132 Å². The number of thiophene rings is 1. The molecule has 3 aromatic rings. The maximum absolute atomic E-state index is 12.4. The number of aryl methyl sites for hydroxylation is 3. The van der Waals surface area contributed by atoms with Gasteiger partial charge in [-0.2, -0.15) is 5.10 Å². The van der Waals surface area contributed by atoms with Gasteiger partial charge in [0.25, 0.3) is 5.91 Å². The minimum atomic E-state index is -0.112. The molecule has 0 saturated heterocycles. The number of amides is 1. The van der Waals surface area contributed by atoms with Crippen LogP contribution in [0.4, 0.5) is 5.69 Å². The molecule has 0 spiro atoms. The van der Waals surface area contributed by atoms with Gasteiger partial charge < -0.3 is 5.32 Å². The van der Waals surface area contributed by atoms with Crippen molar-refractivity contribution in [3.63, 3.8) is 0 Å². The monoisotopic (exact) mass is 312 g/mol. The molecule has 0 fully saturated rings. The first-order chi connectivity index (χ1) is 10.5. The molecule has 6 heteroatoms. The minimum Gasteiger partial charge on any atom is -0.318 e. The van der Waals surface area contributed by atoms with Crippen LogP contribution in [0.15, 0.2) is 36.8 Å². The summed E-state index contributed by atoms with van der Waals surface area (Å²) in [6.07, 6.45) is 5.39. The van der Waals surface area contributed by atoms with Crippen molar-refractivity contribution in [2.24, 2.45) is 7.05 Å². The normalized spacial score (nSPS) is 10.7. The number of pyridine rings is 1. The van der Waals surface area contributed by atoms with Gasteiger partial charge in [0.1, 0.15) is 0 Å². The van der Waals surface area contributed by atoms with Crippen LogP contribution in [-0.4, -0.2) is 20.7 Å². The van der Waals surface area contributed by atoms with Crippen LogP contribution in [0.25, 0.3) is 10.4 Å². The van der Waals surface area contributed by atoms with E-state index in [1.165, 1.54) is 11.3 Å². The number of aromatic nitrogens is 3. The summed E-state index contributed by atoms with van der Waals surface area (Å²) in [7, 11) is 1.83. The standard InChI is InChI=1S/C16H16N4OS/c1-10-8-17-7-6-12(10)14-4-5-15(22-14)16(21)18-13-9-20(3)19-11(13)2/h4-9H,1-3H3,(H,18,21). The summed E-state index contributed by atoms with van der Waals surface area (Å²) in [6, 6.07) is 5.78. The molecular formula is C16H16N4OS. The van der Waals surface area contributed by atoms with Crippen LogP contribution in [0.3, 0.4) is 0 Å². The summed E-state index contributed by atoms with van der Waals surface area (Å²) in [5.74, 6) is -0.112. The van der Waals surface area contributed by atoms with E-state index in [2.05, 4.69) is 15.4 Å². The van der Waals surface area contributed by atoms with Crippen LogP contribution in [-0.2, 0) is 7.05 Å². The van der Waals surface area contributed by atoms with Crippen LogP contribution >= 0.6 is 11.3 Å². The highest BCUT2D eigenvalue weighted by Crippen LogP contribution is 2.30. The molecule has 0 unspecified atom stereocenters. The Hall–Kier alpha value is -2.47. The van der Waals surface area contributed by atoms with E-state index in [4.69, 9.17) is 0 Å². The third-order valence-corrected chi connectivity index (χ3v) is 4.49. The van der Waals surface area contributed by atoms with Gasteiger partial charge in [0, 0.05) is 30.5 Å². The molecule has 112 valence electrons. The second-order valence-electron chi connectivity index (χ2n) is 5.11. The fourth-order valence-corrected chi connectivity index (χ4v) is 3.25. The predicted octanol–water partition coefficient (Wildman–Crippen LogP) is 3.41. The minimum absolute atomic E-state index is 0.112. The molecule has 22 heavy (non-hydrogen) atoms. The van der Waals surface area contributed by atoms with Crippen molar-refractivity contribution in [2.45, 2.75) is 13.8 Å². The lowest BCUT2D eigenvalue weighted by molar-refractivity contribution is 0.103. The molecule has 0 saturated carbocycles. The zero-order chi connectivity index (χ0) is 15.7. The lowest BCUT2D eigenvalue weighted by Crippen LogP contribution is -2.10. The molecule has 3 heterocycles. The van der Waals surface area contributed by atoms with Crippen LogP contribution in [0.1, 0.15) is 20.9 Å². The third-order valence-electron chi connectivity index (χ3n) is 3.38. The summed E-state index contributed by atoms with van der Waals surface area (Å²) in [5.41, 5.74) is 3.75. The van der Waals surface area contributed by atoms with Crippen LogP contribution in [0.5, 0.6) is 0 Å². The number of nitrogens with one attached hydrogen (secondary N) is 1. The summed E-state index contributed by atoms with van der Waals surface area (Å²) < 4.78 is 1.69. The fourth-order valence-electron chi connectivity index (χ4n) is 2.26. The van der Waals surface area contributed by atoms with Gasteiger partial charge in [-0.25, -0.2) is 0 Å². The van der Waals surface area contributed by atoms with E-state index in [0.29, 0.717) is 4.88 Å². The molecule has 0 aliphatic heterocycles. The zero-order valence-electron chi connectivity index (χ0n) is 12.6. The Morgan fingerprint density at radius 3 is 2.77 bits per heavy atom. The van der Waals surface area contributed by atoms with Crippen molar-refractivity contribution in [3.05, 3.63) is 52.9 Å². The van der Waals surface area contributed by atoms with Gasteiger partial charge in [0.15, 0.2) is 0 Å². The Balaban J connectivity index is 1.83. The molecule has 0 aromatic carbocycles. The quantitative estimate of drug-likeness (QED) is 0.806. The molecular weight excluding hydrogens is 296 g/mol. The Morgan fingerprint density at radius 1 is 1.27 bits per heavy atom. The van der Waals surface area contributed by atoms with Gasteiger partial charge in [-0.15, -0.1) is 11.3 Å². The van der Waals surface area contributed by atoms with Gasteiger partial charge in [-0.1, -0.05) is 0 Å². The van der Waals surface area contributed by atoms with Gasteiger partial charge >= 0.3 is 0 Å². The second kappa shape index (κ2) is 5.73. The maximum atomic E-state index is 12.4. The number of nitrogens with zero attached hydrogens (tertiary/aromatic N) is 3. The lowest BCUT2D eigenvalue weighted by Gasteiger charge is -2.02. The number of rotatable bonds is 3. The first-order valence-corrected chi connectivity index (χ1v) is 7.68. The molecule has 1 N–H and O–H groups in total. The van der Waals surface area contributed by atoms with Gasteiger partial charge in [0.05, 0.1) is 16.3 Å². The topological polar surface area (TPSA) is 59.8 Å². The molecule has 3 rings (SSSR count). The van der Waals surface area contributed by atoms with E-state index in [0.717, 1.165) is 27.4 Å². The summed E-state index contributed by atoms with van der Waals surface area (Å²) in [4.78, 5) is 18.2. The van der Waals surface area contributed by atoms with Crippen molar-refractivity contribution in [2.75, 3.05) is 5.32 Å². The van der Waals surface area contributed by atoms with Crippen molar-refractivity contribution in [1.82, 2.24) is 14.8 Å². The Kier molecular flexibility index (Phi) is 3.77. The highest BCUT2D eigenvalue weighted by molar-refractivity contribution is 7.17. The van der Waals surface area contributed by atoms with Gasteiger partial charge in [0.2, 0.25) is 0 Å². The number of carbonyl (C=O) groups is 1. The van der Waals surface area contributed by atoms with E-state index >= 15 is 0 Å². The first kappa shape index (κ1) is 14.5. The van der Waals surface area contributed by atoms with E-state index in [-0.39, 0.29) is 5.91 Å². The maximum Gasteiger partial charge on any atom is 0.265 e. The second-order valence-corrected chi connectivity index (χ2v) is 6.19. The largest absolute Gasteiger partial charge is 0.318 e. The van der Waals surface area contributed by atoms with Crippen LogP contribution in [0, 0.1) is 13.8 Å². The number of hydrogen-bond acceptors (Lipinski definition) is 4. The summed E-state index contributed by atoms with van der Waals surface area (Å²) in [6.45, 7) is 3.89. The van der Waals surface area contributed by atoms with Crippen molar-refractivity contribution >= 4 is 22.9 Å². The van der Waals surface area contributed by atoms with E-state index in [1.54, 1.807) is 17.1 Å². The lowest BCUT2D eigenvalue weighted by atomic mass is 10.1. The average molecular weight is 312 g/mol. The van der Waals surface area contributed by atoms with Gasteiger partial charge in [-0.3, -0.25) is 14.5 Å². The Morgan fingerprint density at radius 2 is 2.09 bits per heavy atom. The fraction of sp³-hybridized carbons (Fsp3) is 0.188. The van der Waals surface area contributed by atoms with E-state index in [9.17, 15) is 4.79 Å². The molecule has 0 atom stereocenters. The van der Waals surface area contributed by atoms with Crippen molar-refractivity contribution in [3.8, 4) is 10.4 Å². The highest BCUT2D eigenvalue weighted by Gasteiger charge is 2.13. The number of anilines is 1. The molecule has 0 radical (unpaired) electrons. The summed E-state index contributed by atoms with van der Waals surface area (Å²) in [5, 5.41) is 7.12. The predicted molar refractivity (Wildman–Crippen MR) is 88.2 cm³/mol. The molecule has 0 aliphatic carbocycles. The van der Waals surface area contributed by atoms with Crippen molar-refractivity contribution in [1.29, 1.82) is 0 Å². The molecule has 0 bridgehead atoms. The molecule has 3 aromatic heterocycles. The molecule has 1 amide bonds. The van der Waals surface area contributed by atoms with Crippen LogP contribution < -0.4 is 5.32 Å². The molecule has 0 aliphatic rings. The summed E-state index contributed by atoms with van der Waals surface area (Å²) >= 11 is 1.47. The SMILES string of the molecule is Cc1cnccc1-c1ccc(C(=O)Nc2cn(C)nc2C)s1. The third kappa shape index (κ3) is 2.78. The molecule has 5 nitrogen and oxygen atoms in total. The number of hydrogen-bond donors (Lipinski definition) is 1. The van der Waals surface area contributed by atoms with Crippen LogP contribution in [0.2, 0.25) is 0 Å². The average Bonchev–Trinajstić information content (AvgIpc) is 3.07. The van der Waals surface area contributed by atoms with Gasteiger partial charge in [-0.05, 0) is 43.2 Å². The highest BCUT2D eigenvalue weighted by atomic mass is 32.1. The van der Waals surface area contributed by atoms with E-state index in [1.807, 2.05) is 45.3 Å². The first-order valence-electron chi connectivity index (χ1n) is 6.87. The Bertz CT molecular complexity index is 834. The zero-order valence-corrected chi connectivity index (χ0v) is 13.4. The van der Waals surface area contributed by atoms with Crippen molar-refractivity contribution < 1.29 is 4.79 Å². The number of carbonyl (C=O) groups excluding carboxylic acids is 1. The van der Waals surface area contributed by atoms with E-state index < -0.39 is 0 Å².